The molecule has 0 saturated heterocycles. The Labute approximate surface area is 124 Å². The Hall–Kier alpha value is -1.49. The third-order valence-electron chi connectivity index (χ3n) is 2.86. The van der Waals surface area contributed by atoms with E-state index in [0.29, 0.717) is 19.0 Å². The summed E-state index contributed by atoms with van der Waals surface area (Å²) >= 11 is 5.64. The van der Waals surface area contributed by atoms with Gasteiger partial charge in [0.15, 0.2) is 0 Å². The molecule has 5 nitrogen and oxygen atoms in total. The number of carbonyl (C=O) groups excluding carboxylic acids is 2. The molecule has 0 atom stereocenters. The van der Waals surface area contributed by atoms with Gasteiger partial charge in [0.1, 0.15) is 0 Å². The molecule has 0 fully saturated rings. The lowest BCUT2D eigenvalue weighted by Gasteiger charge is -2.16. The van der Waals surface area contributed by atoms with E-state index < -0.39 is 0 Å². The first kappa shape index (κ1) is 16.6. The normalized spacial score (nSPS) is 10.3. The van der Waals surface area contributed by atoms with Crippen molar-refractivity contribution in [2.75, 3.05) is 26.1 Å². The van der Waals surface area contributed by atoms with Crippen LogP contribution in [0.15, 0.2) is 18.5 Å². The van der Waals surface area contributed by atoms with E-state index >= 15 is 0 Å². The van der Waals surface area contributed by atoms with Gasteiger partial charge in [-0.15, -0.1) is 11.6 Å². The van der Waals surface area contributed by atoms with Gasteiger partial charge in [-0.05, 0) is 31.4 Å². The van der Waals surface area contributed by atoms with E-state index in [-0.39, 0.29) is 18.4 Å². The number of aromatic nitrogens is 1. The molecule has 0 unspecified atom stereocenters. The van der Waals surface area contributed by atoms with E-state index in [1.54, 1.807) is 26.4 Å². The summed E-state index contributed by atoms with van der Waals surface area (Å²) in [5.41, 5.74) is 1.08. The van der Waals surface area contributed by atoms with Crippen LogP contribution in [0.2, 0.25) is 0 Å². The van der Waals surface area contributed by atoms with Crippen LogP contribution in [0.3, 0.4) is 0 Å². The van der Waals surface area contributed by atoms with Crippen molar-refractivity contribution in [3.05, 3.63) is 24.0 Å². The maximum Gasteiger partial charge on any atom is 0.327 e. The third kappa shape index (κ3) is 5.25. The SMILES string of the molecule is CCOC(=O)CCN(C)C(=O)n1ccc(CCCCl)c1. The van der Waals surface area contributed by atoms with Gasteiger partial charge in [0.2, 0.25) is 0 Å². The Balaban J connectivity index is 2.47. The number of carbonyl (C=O) groups is 2. The Morgan fingerprint density at radius 3 is 2.85 bits per heavy atom. The molecule has 1 rings (SSSR count). The molecule has 0 aromatic carbocycles. The number of hydrogen-bond donors (Lipinski definition) is 0. The first-order chi connectivity index (χ1) is 9.58. The monoisotopic (exact) mass is 300 g/mol. The Morgan fingerprint density at radius 2 is 2.20 bits per heavy atom. The molecule has 0 aliphatic rings. The summed E-state index contributed by atoms with van der Waals surface area (Å²) in [7, 11) is 1.67. The first-order valence-corrected chi connectivity index (χ1v) is 7.25. The number of aryl methyl sites for hydroxylation is 1. The second-order valence-electron chi connectivity index (χ2n) is 4.48. The maximum absolute atomic E-state index is 12.1. The van der Waals surface area contributed by atoms with Crippen molar-refractivity contribution in [3.8, 4) is 0 Å². The Kier molecular flexibility index (Phi) is 7.15. The summed E-state index contributed by atoms with van der Waals surface area (Å²) in [6.45, 7) is 2.46. The van der Waals surface area contributed by atoms with Gasteiger partial charge in [0.05, 0.1) is 13.0 Å². The minimum atomic E-state index is -0.289. The van der Waals surface area contributed by atoms with E-state index in [9.17, 15) is 9.59 Å². The van der Waals surface area contributed by atoms with Crippen molar-refractivity contribution in [3.63, 3.8) is 0 Å². The van der Waals surface area contributed by atoms with Crippen LogP contribution >= 0.6 is 11.6 Å². The van der Waals surface area contributed by atoms with Gasteiger partial charge in [0, 0.05) is 31.9 Å². The van der Waals surface area contributed by atoms with E-state index in [4.69, 9.17) is 16.3 Å². The smallest absolute Gasteiger partial charge is 0.327 e. The molecule has 1 heterocycles. The molecule has 0 N–H and O–H groups in total. The number of alkyl halides is 1. The van der Waals surface area contributed by atoms with E-state index in [2.05, 4.69) is 0 Å². The number of rotatable bonds is 7. The predicted octanol–water partition coefficient (Wildman–Crippen LogP) is 2.51. The number of hydrogen-bond acceptors (Lipinski definition) is 3. The lowest BCUT2D eigenvalue weighted by atomic mass is 10.2. The molecule has 1 aromatic rings. The zero-order valence-electron chi connectivity index (χ0n) is 12.0. The number of halogens is 1. The van der Waals surface area contributed by atoms with Gasteiger partial charge >= 0.3 is 12.0 Å². The molecule has 20 heavy (non-hydrogen) atoms. The maximum atomic E-state index is 12.1. The van der Waals surface area contributed by atoms with Crippen molar-refractivity contribution in [1.82, 2.24) is 9.47 Å². The fraction of sp³-hybridized carbons (Fsp3) is 0.571. The number of amides is 1. The topological polar surface area (TPSA) is 51.5 Å². The van der Waals surface area contributed by atoms with Gasteiger partial charge < -0.3 is 9.64 Å². The van der Waals surface area contributed by atoms with Crippen molar-refractivity contribution in [2.24, 2.45) is 0 Å². The highest BCUT2D eigenvalue weighted by atomic mass is 35.5. The van der Waals surface area contributed by atoms with Crippen LogP contribution in [0.4, 0.5) is 4.79 Å². The lowest BCUT2D eigenvalue weighted by Crippen LogP contribution is -2.32. The highest BCUT2D eigenvalue weighted by Crippen LogP contribution is 2.07. The van der Waals surface area contributed by atoms with Gasteiger partial charge in [-0.25, -0.2) is 4.79 Å². The summed E-state index contributed by atoms with van der Waals surface area (Å²) in [6.07, 6.45) is 5.48. The second kappa shape index (κ2) is 8.64. The second-order valence-corrected chi connectivity index (χ2v) is 4.86. The van der Waals surface area contributed by atoms with Crippen LogP contribution in [-0.4, -0.2) is 47.5 Å². The molecule has 0 aliphatic carbocycles. The molecule has 1 amide bonds. The third-order valence-corrected chi connectivity index (χ3v) is 3.12. The van der Waals surface area contributed by atoms with Gasteiger partial charge in [-0.2, -0.15) is 0 Å². The van der Waals surface area contributed by atoms with Crippen molar-refractivity contribution in [2.45, 2.75) is 26.2 Å². The molecular weight excluding hydrogens is 280 g/mol. The largest absolute Gasteiger partial charge is 0.466 e. The Morgan fingerprint density at radius 1 is 1.45 bits per heavy atom. The zero-order valence-corrected chi connectivity index (χ0v) is 12.7. The summed E-state index contributed by atoms with van der Waals surface area (Å²) in [5, 5.41) is 0. The summed E-state index contributed by atoms with van der Waals surface area (Å²) in [5.74, 6) is 0.320. The van der Waals surface area contributed by atoms with Crippen molar-refractivity contribution >= 4 is 23.6 Å². The van der Waals surface area contributed by atoms with Gasteiger partial charge in [-0.3, -0.25) is 9.36 Å². The number of nitrogens with zero attached hydrogens (tertiary/aromatic N) is 2. The van der Waals surface area contributed by atoms with Crippen molar-refractivity contribution < 1.29 is 14.3 Å². The zero-order chi connectivity index (χ0) is 15.0. The quantitative estimate of drug-likeness (QED) is 0.574. The molecule has 0 bridgehead atoms. The van der Waals surface area contributed by atoms with Crippen LogP contribution in [0, 0.1) is 0 Å². The molecule has 0 radical (unpaired) electrons. The Bertz CT molecular complexity index is 445. The number of ether oxygens (including phenoxy) is 1. The molecule has 1 aromatic heterocycles. The standard InChI is InChI=1S/C14H21ClN2O3/c1-3-20-13(18)7-9-16(2)14(19)17-10-6-12(11-17)5-4-8-15/h6,10-11H,3-5,7-9H2,1-2H3. The van der Waals surface area contributed by atoms with Crippen molar-refractivity contribution in [1.29, 1.82) is 0 Å². The first-order valence-electron chi connectivity index (χ1n) is 6.72. The average molecular weight is 301 g/mol. The van der Waals surface area contributed by atoms with Crippen LogP contribution in [0.25, 0.3) is 0 Å². The molecule has 6 heteroatoms. The predicted molar refractivity (Wildman–Crippen MR) is 78.1 cm³/mol. The van der Waals surface area contributed by atoms with Crippen LogP contribution in [0.1, 0.15) is 25.3 Å². The minimum absolute atomic E-state index is 0.161. The van der Waals surface area contributed by atoms with Crippen LogP contribution in [-0.2, 0) is 16.0 Å². The molecular formula is C14H21ClN2O3. The van der Waals surface area contributed by atoms with Crippen LogP contribution in [0.5, 0.6) is 0 Å². The van der Waals surface area contributed by atoms with Crippen LogP contribution < -0.4 is 0 Å². The van der Waals surface area contributed by atoms with Gasteiger partial charge in [0.25, 0.3) is 0 Å². The van der Waals surface area contributed by atoms with E-state index in [1.807, 2.05) is 6.07 Å². The summed E-state index contributed by atoms with van der Waals surface area (Å²) in [4.78, 5) is 24.9. The van der Waals surface area contributed by atoms with E-state index in [1.165, 1.54) is 9.47 Å². The number of esters is 1. The molecule has 0 spiro atoms. The molecule has 112 valence electrons. The summed E-state index contributed by atoms with van der Waals surface area (Å²) in [6, 6.07) is 1.75. The van der Waals surface area contributed by atoms with Gasteiger partial charge in [-0.1, -0.05) is 0 Å². The minimum Gasteiger partial charge on any atom is -0.466 e. The summed E-state index contributed by atoms with van der Waals surface area (Å²) < 4.78 is 6.35. The van der Waals surface area contributed by atoms with E-state index in [0.717, 1.165) is 18.4 Å². The average Bonchev–Trinajstić information content (AvgIpc) is 2.90. The highest BCUT2D eigenvalue weighted by molar-refractivity contribution is 6.17. The molecule has 0 aliphatic heterocycles. The lowest BCUT2D eigenvalue weighted by molar-refractivity contribution is -0.143. The fourth-order valence-corrected chi connectivity index (χ4v) is 1.90. The molecule has 0 saturated carbocycles. The highest BCUT2D eigenvalue weighted by Gasteiger charge is 2.13. The fourth-order valence-electron chi connectivity index (χ4n) is 1.76.